The van der Waals surface area contributed by atoms with Crippen LogP contribution in [0.5, 0.6) is 0 Å². The summed E-state index contributed by atoms with van der Waals surface area (Å²) in [5, 5.41) is 3.16. The number of aromatic nitrogens is 3. The van der Waals surface area contributed by atoms with E-state index in [0.29, 0.717) is 11.1 Å². The Morgan fingerprint density at radius 1 is 1.17 bits per heavy atom. The molecule has 0 fully saturated rings. The summed E-state index contributed by atoms with van der Waals surface area (Å²) < 4.78 is 0. The van der Waals surface area contributed by atoms with E-state index in [4.69, 9.17) is 11.5 Å². The maximum Gasteiger partial charge on any atom is 0.234 e. The fourth-order valence-corrected chi connectivity index (χ4v) is 2.56. The lowest BCUT2D eigenvalue weighted by atomic mass is 9.99. The summed E-state index contributed by atoms with van der Waals surface area (Å²) in [5.74, 6) is 0.608. The van der Waals surface area contributed by atoms with E-state index in [1.165, 1.54) is 5.56 Å². The van der Waals surface area contributed by atoms with Crippen LogP contribution in [0, 0.1) is 0 Å². The predicted molar refractivity (Wildman–Crippen MR) is 93.2 cm³/mol. The zero-order valence-electron chi connectivity index (χ0n) is 13.1. The number of nitrogens with zero attached hydrogens (tertiary/aromatic N) is 3. The monoisotopic (exact) mass is 332 g/mol. The molecular formula is C15H20N6OS. The van der Waals surface area contributed by atoms with Crippen molar-refractivity contribution in [2.45, 2.75) is 31.3 Å². The summed E-state index contributed by atoms with van der Waals surface area (Å²) in [4.78, 5) is 23.5. The van der Waals surface area contributed by atoms with Crippen molar-refractivity contribution >= 4 is 35.3 Å². The number of anilines is 3. The lowest BCUT2D eigenvalue weighted by Crippen LogP contribution is -2.14. The minimum Gasteiger partial charge on any atom is -0.368 e. The first-order valence-corrected chi connectivity index (χ1v) is 8.26. The van der Waals surface area contributed by atoms with E-state index in [2.05, 4.69) is 34.1 Å². The van der Waals surface area contributed by atoms with Gasteiger partial charge in [0.15, 0.2) is 5.16 Å². The Bertz CT molecular complexity index is 656. The van der Waals surface area contributed by atoms with Crippen LogP contribution >= 0.6 is 11.8 Å². The van der Waals surface area contributed by atoms with E-state index >= 15 is 0 Å². The highest BCUT2D eigenvalue weighted by Gasteiger charge is 2.08. The molecule has 1 amide bonds. The highest BCUT2D eigenvalue weighted by molar-refractivity contribution is 7.99. The number of nitrogen functional groups attached to an aromatic ring is 2. The normalized spacial score (nSPS) is 11.9. The van der Waals surface area contributed by atoms with Gasteiger partial charge in [0.25, 0.3) is 0 Å². The zero-order chi connectivity index (χ0) is 16.8. The maximum absolute atomic E-state index is 12.0. The minimum atomic E-state index is -0.149. The van der Waals surface area contributed by atoms with Gasteiger partial charge in [0.2, 0.25) is 17.8 Å². The second-order valence-electron chi connectivity index (χ2n) is 5.10. The van der Waals surface area contributed by atoms with E-state index in [0.717, 1.165) is 23.9 Å². The van der Waals surface area contributed by atoms with Crippen LogP contribution in [0.3, 0.4) is 0 Å². The average molecular weight is 332 g/mol. The van der Waals surface area contributed by atoms with E-state index < -0.39 is 0 Å². The third kappa shape index (κ3) is 5.10. The lowest BCUT2D eigenvalue weighted by molar-refractivity contribution is -0.113. The van der Waals surface area contributed by atoms with Crippen LogP contribution in [0.2, 0.25) is 0 Å². The number of hydrogen-bond donors (Lipinski definition) is 3. The lowest BCUT2D eigenvalue weighted by Gasteiger charge is -2.10. The molecule has 5 N–H and O–H groups in total. The number of hydrogen-bond acceptors (Lipinski definition) is 7. The maximum atomic E-state index is 12.0. The fraction of sp³-hybridized carbons (Fsp3) is 0.333. The number of carbonyl (C=O) groups is 1. The molecule has 0 aliphatic rings. The van der Waals surface area contributed by atoms with Gasteiger partial charge in [0.05, 0.1) is 5.75 Å². The first-order chi connectivity index (χ1) is 11.0. The molecule has 1 aromatic carbocycles. The second-order valence-corrected chi connectivity index (χ2v) is 6.05. The summed E-state index contributed by atoms with van der Waals surface area (Å²) in [6.07, 6.45) is 1.08. The molecular weight excluding hydrogens is 312 g/mol. The summed E-state index contributed by atoms with van der Waals surface area (Å²) in [6.45, 7) is 4.33. The topological polar surface area (TPSA) is 120 Å². The molecule has 7 nitrogen and oxygen atoms in total. The van der Waals surface area contributed by atoms with Crippen LogP contribution in [0.15, 0.2) is 29.4 Å². The van der Waals surface area contributed by atoms with Crippen molar-refractivity contribution in [3.8, 4) is 0 Å². The Kier molecular flexibility index (Phi) is 5.75. The van der Waals surface area contributed by atoms with Crippen LogP contribution in [0.1, 0.15) is 31.7 Å². The molecule has 23 heavy (non-hydrogen) atoms. The van der Waals surface area contributed by atoms with Gasteiger partial charge >= 0.3 is 0 Å². The van der Waals surface area contributed by atoms with Gasteiger partial charge in [-0.2, -0.15) is 15.0 Å². The van der Waals surface area contributed by atoms with Gasteiger partial charge in [-0.1, -0.05) is 37.7 Å². The van der Waals surface area contributed by atoms with E-state index in [9.17, 15) is 4.79 Å². The van der Waals surface area contributed by atoms with Crippen molar-refractivity contribution in [1.82, 2.24) is 15.0 Å². The number of nitrogens with two attached hydrogens (primary N) is 2. The van der Waals surface area contributed by atoms with Gasteiger partial charge in [-0.25, -0.2) is 0 Å². The Morgan fingerprint density at radius 2 is 1.78 bits per heavy atom. The molecule has 1 heterocycles. The predicted octanol–water partition coefficient (Wildman–Crippen LogP) is 2.28. The summed E-state index contributed by atoms with van der Waals surface area (Å²) >= 11 is 1.15. The van der Waals surface area contributed by atoms with Gasteiger partial charge in [-0.05, 0) is 30.0 Å². The van der Waals surface area contributed by atoms with E-state index in [1.807, 2.05) is 24.3 Å². The molecule has 2 aromatic rings. The van der Waals surface area contributed by atoms with Crippen molar-refractivity contribution in [3.63, 3.8) is 0 Å². The summed E-state index contributed by atoms with van der Waals surface area (Å²) in [5.41, 5.74) is 13.0. The van der Waals surface area contributed by atoms with Crippen LogP contribution in [-0.2, 0) is 4.79 Å². The number of carbonyl (C=O) groups excluding carboxylic acids is 1. The van der Waals surface area contributed by atoms with Crippen molar-refractivity contribution < 1.29 is 4.79 Å². The Hall–Kier alpha value is -2.35. The molecule has 8 heteroatoms. The molecule has 2 rings (SSSR count). The number of rotatable bonds is 6. The third-order valence-electron chi connectivity index (χ3n) is 3.36. The summed E-state index contributed by atoms with van der Waals surface area (Å²) in [6, 6.07) is 7.88. The van der Waals surface area contributed by atoms with Crippen molar-refractivity contribution in [2.24, 2.45) is 0 Å². The number of amides is 1. The smallest absolute Gasteiger partial charge is 0.234 e. The number of benzene rings is 1. The molecule has 122 valence electrons. The zero-order valence-corrected chi connectivity index (χ0v) is 13.9. The quantitative estimate of drug-likeness (QED) is 0.694. The third-order valence-corrected chi connectivity index (χ3v) is 4.20. The molecule has 0 radical (unpaired) electrons. The van der Waals surface area contributed by atoms with E-state index in [1.54, 1.807) is 0 Å². The van der Waals surface area contributed by atoms with Gasteiger partial charge in [0.1, 0.15) is 0 Å². The molecule has 0 spiro atoms. The Balaban J connectivity index is 1.89. The fourth-order valence-electron chi connectivity index (χ4n) is 1.91. The largest absolute Gasteiger partial charge is 0.368 e. The minimum absolute atomic E-state index is 0.0426. The van der Waals surface area contributed by atoms with Crippen LogP contribution in [0.4, 0.5) is 17.6 Å². The number of nitrogens with one attached hydrogen (secondary N) is 1. The Labute approximate surface area is 139 Å². The van der Waals surface area contributed by atoms with Crippen LogP contribution in [0.25, 0.3) is 0 Å². The average Bonchev–Trinajstić information content (AvgIpc) is 2.52. The van der Waals surface area contributed by atoms with Crippen LogP contribution in [-0.4, -0.2) is 26.6 Å². The molecule has 0 saturated carbocycles. The number of thioether (sulfide) groups is 1. The van der Waals surface area contributed by atoms with Gasteiger partial charge < -0.3 is 16.8 Å². The highest BCUT2D eigenvalue weighted by Crippen LogP contribution is 2.21. The molecule has 0 aliphatic carbocycles. The molecule has 1 atom stereocenters. The molecule has 1 unspecified atom stereocenters. The van der Waals surface area contributed by atoms with Crippen molar-refractivity contribution in [3.05, 3.63) is 29.8 Å². The van der Waals surface area contributed by atoms with Gasteiger partial charge in [0, 0.05) is 5.69 Å². The van der Waals surface area contributed by atoms with Gasteiger partial charge in [-0.3, -0.25) is 4.79 Å². The molecule has 1 aromatic heterocycles. The first-order valence-electron chi connectivity index (χ1n) is 7.27. The molecule has 0 saturated heterocycles. The molecule has 0 aliphatic heterocycles. The Morgan fingerprint density at radius 3 is 2.35 bits per heavy atom. The standard InChI is InChI=1S/C15H20N6OS/c1-3-9(2)10-4-6-11(7-5-10)18-12(22)8-23-15-20-13(16)19-14(17)21-15/h4-7,9H,3,8H2,1-2H3,(H,18,22)(H4,16,17,19,20,21). The van der Waals surface area contributed by atoms with Crippen LogP contribution < -0.4 is 16.8 Å². The second kappa shape index (κ2) is 7.77. The van der Waals surface area contributed by atoms with E-state index in [-0.39, 0.29) is 23.6 Å². The highest BCUT2D eigenvalue weighted by atomic mass is 32.2. The molecule has 0 bridgehead atoms. The summed E-state index contributed by atoms with van der Waals surface area (Å²) in [7, 11) is 0. The van der Waals surface area contributed by atoms with Gasteiger partial charge in [-0.15, -0.1) is 0 Å². The first kappa shape index (κ1) is 17.0. The SMILES string of the molecule is CCC(C)c1ccc(NC(=O)CSc2nc(N)nc(N)n2)cc1. The van der Waals surface area contributed by atoms with Crippen molar-refractivity contribution in [2.75, 3.05) is 22.5 Å². The van der Waals surface area contributed by atoms with Crippen molar-refractivity contribution in [1.29, 1.82) is 0 Å².